The van der Waals surface area contributed by atoms with Gasteiger partial charge in [0.2, 0.25) is 5.91 Å². The van der Waals surface area contributed by atoms with Gasteiger partial charge in [0, 0.05) is 14.0 Å². The maximum absolute atomic E-state index is 13.8. The highest BCUT2D eigenvalue weighted by atomic mass is 16.8. The molecule has 1 amide bonds. The summed E-state index contributed by atoms with van der Waals surface area (Å²) in [5, 5.41) is 14.0. The van der Waals surface area contributed by atoms with Crippen molar-refractivity contribution < 1.29 is 76.5 Å². The van der Waals surface area contributed by atoms with Gasteiger partial charge in [-0.3, -0.25) is 4.79 Å². The molecule has 0 aliphatic carbocycles. The average molecular weight is 842 g/mol. The minimum atomic E-state index is -1.91. The lowest BCUT2D eigenvalue weighted by molar-refractivity contribution is -0.336. The summed E-state index contributed by atoms with van der Waals surface area (Å²) in [5.74, 6) is -5.24. The average Bonchev–Trinajstić information content (AvgIpc) is 3.29. The van der Waals surface area contributed by atoms with Crippen molar-refractivity contribution in [3.8, 4) is 0 Å². The van der Waals surface area contributed by atoms with E-state index in [4.69, 9.17) is 42.6 Å². The van der Waals surface area contributed by atoms with E-state index < -0.39 is 104 Å². The van der Waals surface area contributed by atoms with Crippen molar-refractivity contribution in [2.75, 3.05) is 20.8 Å². The molecule has 0 unspecified atom stereocenters. The van der Waals surface area contributed by atoms with Crippen molar-refractivity contribution >= 4 is 35.8 Å². The molecule has 0 bridgehead atoms. The van der Waals surface area contributed by atoms with E-state index in [1.54, 1.807) is 72.8 Å². The van der Waals surface area contributed by atoms with Crippen LogP contribution >= 0.6 is 0 Å². The molecule has 2 fully saturated rings. The summed E-state index contributed by atoms with van der Waals surface area (Å²) in [4.78, 5) is 80.2. The third-order valence-corrected chi connectivity index (χ3v) is 9.67. The zero-order chi connectivity index (χ0) is 43.5. The van der Waals surface area contributed by atoms with Crippen LogP contribution in [-0.2, 0) is 52.2 Å². The first-order valence-corrected chi connectivity index (χ1v) is 19.0. The van der Waals surface area contributed by atoms with Gasteiger partial charge >= 0.3 is 29.8 Å². The summed E-state index contributed by atoms with van der Waals surface area (Å²) in [6.07, 6.45) is -15.3. The van der Waals surface area contributed by atoms with Crippen LogP contribution in [0, 0.1) is 0 Å². The molecule has 4 aromatic rings. The Morgan fingerprint density at radius 3 is 1.46 bits per heavy atom. The lowest BCUT2D eigenvalue weighted by Gasteiger charge is -2.48. The number of aliphatic hydroxyl groups is 1. The fraction of sp³-hybridized carbons (Fsp3) is 0.318. The predicted octanol–water partition coefficient (Wildman–Crippen LogP) is 3.04. The molecule has 320 valence electrons. The normalized spacial score (nSPS) is 25.8. The van der Waals surface area contributed by atoms with Gasteiger partial charge in [-0.15, -0.1) is 0 Å². The summed E-state index contributed by atoms with van der Waals surface area (Å²) >= 11 is 0. The molecular formula is C44H43NO16. The van der Waals surface area contributed by atoms with Gasteiger partial charge in [-0.1, -0.05) is 72.8 Å². The number of amides is 1. The summed E-state index contributed by atoms with van der Waals surface area (Å²) < 4.78 is 52.8. The number of benzene rings is 4. The van der Waals surface area contributed by atoms with Gasteiger partial charge in [-0.25, -0.2) is 24.0 Å². The number of nitrogens with one attached hydrogen (secondary N) is 1. The number of hydrogen-bond acceptors (Lipinski definition) is 16. The number of esters is 5. The topological polar surface area (TPSA) is 218 Å². The van der Waals surface area contributed by atoms with E-state index in [-0.39, 0.29) is 22.3 Å². The summed E-state index contributed by atoms with van der Waals surface area (Å²) in [5.41, 5.74) is 0.451. The van der Waals surface area contributed by atoms with Crippen LogP contribution in [0.25, 0.3) is 0 Å². The SMILES string of the molecule is COC(=O)[C@H]1O[C@@H](O[C@@H]2[C@@H](NC(C)=O)[C@H](O)O[C@H](COC(=O)c3ccccc3)[C@H]2OC(=O)c2ccccc2)[C@H](OC(=O)c2ccccc2)[C@@H](OC)[C@@H]1OC(=O)c1ccccc1. The van der Waals surface area contributed by atoms with Crippen molar-refractivity contribution in [3.63, 3.8) is 0 Å². The van der Waals surface area contributed by atoms with E-state index in [0.29, 0.717) is 0 Å². The first kappa shape index (κ1) is 44.1. The van der Waals surface area contributed by atoms with Crippen LogP contribution in [0.4, 0.5) is 0 Å². The molecular weight excluding hydrogens is 798 g/mol. The largest absolute Gasteiger partial charge is 0.467 e. The van der Waals surface area contributed by atoms with Crippen molar-refractivity contribution in [2.24, 2.45) is 0 Å². The predicted molar refractivity (Wildman–Crippen MR) is 208 cm³/mol. The standard InChI is InChI=1S/C44H43NO16/c1-25(46)45-31-33(32(57-39(48)27-18-10-5-11-19-27)30(56-42(31)51)24-55-38(47)26-16-8-4-9-17-26)60-44-37(59-41(50)29-22-14-7-15-23-29)34(53-2)35(36(61-44)43(52)54-3)58-40(49)28-20-12-6-13-21-28/h4-23,30-37,42,44,51H,24H2,1-3H3,(H,45,46)/t30-,31-,32-,33-,34+,35+,36+,37-,42-,44-/m1/s1. The maximum Gasteiger partial charge on any atom is 0.339 e. The molecule has 2 N–H and O–H groups in total. The van der Waals surface area contributed by atoms with Crippen molar-refractivity contribution in [1.82, 2.24) is 5.32 Å². The third kappa shape index (κ3) is 10.8. The molecule has 0 spiro atoms. The Morgan fingerprint density at radius 2 is 1.02 bits per heavy atom. The van der Waals surface area contributed by atoms with Gasteiger partial charge in [0.05, 0.1) is 29.4 Å². The minimum Gasteiger partial charge on any atom is -0.467 e. The van der Waals surface area contributed by atoms with Gasteiger partial charge in [0.1, 0.15) is 31.0 Å². The summed E-state index contributed by atoms with van der Waals surface area (Å²) in [6.45, 7) is 0.523. The molecule has 61 heavy (non-hydrogen) atoms. The van der Waals surface area contributed by atoms with E-state index >= 15 is 0 Å². The van der Waals surface area contributed by atoms with E-state index in [1.165, 1.54) is 55.6 Å². The number of aliphatic hydroxyl groups excluding tert-OH is 1. The Balaban J connectivity index is 1.42. The molecule has 0 aromatic heterocycles. The number of rotatable bonds is 14. The van der Waals surface area contributed by atoms with Crippen LogP contribution in [0.15, 0.2) is 121 Å². The van der Waals surface area contributed by atoms with Crippen LogP contribution in [0.5, 0.6) is 0 Å². The van der Waals surface area contributed by atoms with Gasteiger partial charge in [0.25, 0.3) is 0 Å². The van der Waals surface area contributed by atoms with Gasteiger partial charge < -0.3 is 53.1 Å². The maximum atomic E-state index is 13.8. The summed E-state index contributed by atoms with van der Waals surface area (Å²) in [7, 11) is 2.26. The molecule has 17 nitrogen and oxygen atoms in total. The van der Waals surface area contributed by atoms with Gasteiger partial charge in [0.15, 0.2) is 37.0 Å². The second-order valence-corrected chi connectivity index (χ2v) is 13.7. The molecule has 2 aliphatic rings. The second kappa shape index (κ2) is 20.7. The number of ether oxygens (including phenoxy) is 9. The second-order valence-electron chi connectivity index (χ2n) is 13.7. The lowest BCUT2D eigenvalue weighted by Crippen LogP contribution is -2.69. The highest BCUT2D eigenvalue weighted by Gasteiger charge is 2.58. The minimum absolute atomic E-state index is 0.0802. The van der Waals surface area contributed by atoms with Crippen molar-refractivity contribution in [3.05, 3.63) is 144 Å². The quantitative estimate of drug-likeness (QED) is 0.138. The molecule has 2 heterocycles. The lowest BCUT2D eigenvalue weighted by atomic mass is 9.94. The molecule has 6 rings (SSSR count). The molecule has 2 aliphatic heterocycles. The zero-order valence-electron chi connectivity index (χ0n) is 33.1. The number of methoxy groups -OCH3 is 2. The zero-order valence-corrected chi connectivity index (χ0v) is 33.1. The third-order valence-electron chi connectivity index (χ3n) is 9.67. The highest BCUT2D eigenvalue weighted by Crippen LogP contribution is 2.35. The Morgan fingerprint density at radius 1 is 0.574 bits per heavy atom. The summed E-state index contributed by atoms with van der Waals surface area (Å²) in [6, 6.07) is 29.8. The van der Waals surface area contributed by atoms with Crippen LogP contribution in [0.3, 0.4) is 0 Å². The van der Waals surface area contributed by atoms with E-state index in [2.05, 4.69) is 5.32 Å². The molecule has 4 aromatic carbocycles. The van der Waals surface area contributed by atoms with Crippen LogP contribution in [0.1, 0.15) is 48.4 Å². The Kier molecular flexibility index (Phi) is 14.9. The number of carbonyl (C=O) groups is 6. The van der Waals surface area contributed by atoms with Crippen LogP contribution < -0.4 is 5.32 Å². The first-order valence-electron chi connectivity index (χ1n) is 19.0. The van der Waals surface area contributed by atoms with Crippen molar-refractivity contribution in [1.29, 1.82) is 0 Å². The van der Waals surface area contributed by atoms with Gasteiger partial charge in [-0.2, -0.15) is 0 Å². The van der Waals surface area contributed by atoms with E-state index in [1.807, 2.05) is 0 Å². The van der Waals surface area contributed by atoms with Crippen LogP contribution in [-0.4, -0.2) is 123 Å². The highest BCUT2D eigenvalue weighted by molar-refractivity contribution is 5.91. The molecule has 0 saturated carbocycles. The van der Waals surface area contributed by atoms with E-state index in [0.717, 1.165) is 14.0 Å². The number of hydrogen-bond donors (Lipinski definition) is 2. The Bertz CT molecular complexity index is 2120. The Hall–Kier alpha value is -6.50. The fourth-order valence-corrected chi connectivity index (χ4v) is 6.76. The number of carbonyl (C=O) groups excluding carboxylic acids is 6. The molecule has 0 radical (unpaired) electrons. The van der Waals surface area contributed by atoms with Crippen molar-refractivity contribution in [2.45, 2.75) is 68.3 Å². The Labute approximate surface area is 349 Å². The molecule has 17 heteroatoms. The smallest absolute Gasteiger partial charge is 0.339 e. The monoisotopic (exact) mass is 841 g/mol. The first-order chi connectivity index (χ1) is 29.5. The fourth-order valence-electron chi connectivity index (χ4n) is 6.76. The molecule has 2 saturated heterocycles. The van der Waals surface area contributed by atoms with E-state index in [9.17, 15) is 33.9 Å². The molecule has 10 atom stereocenters. The van der Waals surface area contributed by atoms with Gasteiger partial charge in [-0.05, 0) is 48.5 Å². The van der Waals surface area contributed by atoms with Crippen LogP contribution in [0.2, 0.25) is 0 Å².